The van der Waals surface area contributed by atoms with Gasteiger partial charge in [0.2, 0.25) is 0 Å². The molecule has 1 unspecified atom stereocenters. The highest BCUT2D eigenvalue weighted by molar-refractivity contribution is 5.59. The molecule has 2 aromatic rings. The van der Waals surface area contributed by atoms with Crippen molar-refractivity contribution in [2.75, 3.05) is 0 Å². The van der Waals surface area contributed by atoms with E-state index in [2.05, 4.69) is 4.98 Å². The Morgan fingerprint density at radius 1 is 1.38 bits per heavy atom. The predicted octanol–water partition coefficient (Wildman–Crippen LogP) is 1.60. The van der Waals surface area contributed by atoms with Crippen LogP contribution in [-0.2, 0) is 6.54 Å². The molecule has 1 atom stereocenters. The molecule has 1 aromatic heterocycles. The van der Waals surface area contributed by atoms with Crippen molar-refractivity contribution in [1.29, 1.82) is 0 Å². The Morgan fingerprint density at radius 3 is 2.69 bits per heavy atom. The van der Waals surface area contributed by atoms with Crippen molar-refractivity contribution in [3.63, 3.8) is 0 Å². The second-order valence-corrected chi connectivity index (χ2v) is 3.96. The molecule has 0 saturated carbocycles. The van der Waals surface area contributed by atoms with E-state index in [9.17, 15) is 5.11 Å². The van der Waals surface area contributed by atoms with Crippen LogP contribution in [0.1, 0.15) is 6.92 Å². The quantitative estimate of drug-likeness (QED) is 0.820. The third-order valence-electron chi connectivity index (χ3n) is 2.36. The van der Waals surface area contributed by atoms with Gasteiger partial charge in [0.05, 0.1) is 18.2 Å². The summed E-state index contributed by atoms with van der Waals surface area (Å²) in [7, 11) is 0. The number of rotatable bonds is 3. The number of benzene rings is 1. The minimum atomic E-state index is 0.0880. The molecular formula is C12H15N3O. The smallest absolute Gasteiger partial charge is 0.115 e. The van der Waals surface area contributed by atoms with Crippen molar-refractivity contribution in [3.05, 3.63) is 36.8 Å². The molecule has 0 aliphatic heterocycles. The fourth-order valence-corrected chi connectivity index (χ4v) is 1.65. The van der Waals surface area contributed by atoms with E-state index in [1.54, 1.807) is 24.7 Å². The van der Waals surface area contributed by atoms with Gasteiger partial charge in [0.15, 0.2) is 0 Å². The van der Waals surface area contributed by atoms with Crippen molar-refractivity contribution in [1.82, 2.24) is 9.55 Å². The summed E-state index contributed by atoms with van der Waals surface area (Å²) in [5.74, 6) is 0.266. The van der Waals surface area contributed by atoms with E-state index >= 15 is 0 Å². The van der Waals surface area contributed by atoms with Crippen LogP contribution in [0.15, 0.2) is 36.8 Å². The van der Waals surface area contributed by atoms with Crippen LogP contribution < -0.4 is 5.73 Å². The summed E-state index contributed by atoms with van der Waals surface area (Å²) in [6.45, 7) is 2.69. The molecule has 0 aliphatic carbocycles. The third kappa shape index (κ3) is 2.23. The lowest BCUT2D eigenvalue weighted by Crippen LogP contribution is -2.22. The summed E-state index contributed by atoms with van der Waals surface area (Å²) in [5, 5.41) is 9.23. The predicted molar refractivity (Wildman–Crippen MR) is 63.0 cm³/mol. The molecule has 1 heterocycles. The number of aromatic nitrogens is 2. The van der Waals surface area contributed by atoms with Gasteiger partial charge in [-0.2, -0.15) is 0 Å². The van der Waals surface area contributed by atoms with Crippen LogP contribution in [-0.4, -0.2) is 20.7 Å². The standard InChI is InChI=1S/C12H15N3O/c1-9(13)7-15-8-14-6-12(15)10-2-4-11(16)5-3-10/h2-6,8-9,16H,7,13H2,1H3. The van der Waals surface area contributed by atoms with E-state index in [4.69, 9.17) is 5.73 Å². The molecule has 0 amide bonds. The highest BCUT2D eigenvalue weighted by Crippen LogP contribution is 2.21. The van der Waals surface area contributed by atoms with Crippen LogP contribution in [0, 0.1) is 0 Å². The van der Waals surface area contributed by atoms with Crippen LogP contribution in [0.3, 0.4) is 0 Å². The van der Waals surface area contributed by atoms with Gasteiger partial charge >= 0.3 is 0 Å². The SMILES string of the molecule is CC(N)Cn1cncc1-c1ccc(O)cc1. The maximum absolute atomic E-state index is 9.23. The van der Waals surface area contributed by atoms with E-state index in [1.165, 1.54) is 0 Å². The fraction of sp³-hybridized carbons (Fsp3) is 0.250. The zero-order valence-corrected chi connectivity index (χ0v) is 9.17. The fourth-order valence-electron chi connectivity index (χ4n) is 1.65. The maximum atomic E-state index is 9.23. The lowest BCUT2D eigenvalue weighted by Gasteiger charge is -2.10. The first kappa shape index (κ1) is 10.7. The van der Waals surface area contributed by atoms with Gasteiger partial charge in [-0.25, -0.2) is 4.98 Å². The van der Waals surface area contributed by atoms with Gasteiger partial charge in [0.25, 0.3) is 0 Å². The Morgan fingerprint density at radius 2 is 2.06 bits per heavy atom. The molecule has 1 aromatic carbocycles. The molecule has 0 fully saturated rings. The number of hydrogen-bond donors (Lipinski definition) is 2. The van der Waals surface area contributed by atoms with Crippen molar-refractivity contribution in [2.45, 2.75) is 19.5 Å². The number of nitrogens with zero attached hydrogens (tertiary/aromatic N) is 2. The lowest BCUT2D eigenvalue weighted by atomic mass is 10.1. The molecule has 0 radical (unpaired) electrons. The first-order chi connectivity index (χ1) is 7.66. The molecule has 2 rings (SSSR count). The average Bonchev–Trinajstić information content (AvgIpc) is 2.66. The van der Waals surface area contributed by atoms with Gasteiger partial charge in [-0.3, -0.25) is 0 Å². The number of phenols is 1. The third-order valence-corrected chi connectivity index (χ3v) is 2.36. The zero-order valence-electron chi connectivity index (χ0n) is 9.17. The van der Waals surface area contributed by atoms with Crippen LogP contribution in [0.2, 0.25) is 0 Å². The summed E-state index contributed by atoms with van der Waals surface area (Å²) in [4.78, 5) is 4.12. The Kier molecular flexibility index (Phi) is 2.92. The number of nitrogens with two attached hydrogens (primary N) is 1. The molecule has 4 nitrogen and oxygen atoms in total. The highest BCUT2D eigenvalue weighted by Gasteiger charge is 2.06. The lowest BCUT2D eigenvalue weighted by molar-refractivity contribution is 0.475. The summed E-state index contributed by atoms with van der Waals surface area (Å²) < 4.78 is 2.01. The van der Waals surface area contributed by atoms with E-state index in [0.29, 0.717) is 0 Å². The van der Waals surface area contributed by atoms with Gasteiger partial charge in [-0.1, -0.05) is 0 Å². The summed E-state index contributed by atoms with van der Waals surface area (Å²) >= 11 is 0. The molecule has 4 heteroatoms. The minimum Gasteiger partial charge on any atom is -0.508 e. The molecule has 3 N–H and O–H groups in total. The summed E-state index contributed by atoms with van der Waals surface area (Å²) in [5.41, 5.74) is 7.80. The first-order valence-electron chi connectivity index (χ1n) is 5.22. The van der Waals surface area contributed by atoms with E-state index < -0.39 is 0 Å². The second kappa shape index (κ2) is 4.37. The van der Waals surface area contributed by atoms with Crippen molar-refractivity contribution >= 4 is 0 Å². The van der Waals surface area contributed by atoms with Gasteiger partial charge in [-0.05, 0) is 31.2 Å². The molecule has 0 spiro atoms. The Balaban J connectivity index is 2.33. The van der Waals surface area contributed by atoms with Crippen molar-refractivity contribution in [3.8, 4) is 17.0 Å². The largest absolute Gasteiger partial charge is 0.508 e. The van der Waals surface area contributed by atoms with Crippen molar-refractivity contribution < 1.29 is 5.11 Å². The topological polar surface area (TPSA) is 64.1 Å². The Labute approximate surface area is 94.4 Å². The zero-order chi connectivity index (χ0) is 11.5. The summed E-state index contributed by atoms with van der Waals surface area (Å²) in [6, 6.07) is 7.15. The normalized spacial score (nSPS) is 12.6. The van der Waals surface area contributed by atoms with Crippen LogP contribution in [0.25, 0.3) is 11.3 Å². The van der Waals surface area contributed by atoms with Crippen LogP contribution in [0.5, 0.6) is 5.75 Å². The molecular weight excluding hydrogens is 202 g/mol. The molecule has 16 heavy (non-hydrogen) atoms. The minimum absolute atomic E-state index is 0.0880. The van der Waals surface area contributed by atoms with Gasteiger partial charge in [0, 0.05) is 18.2 Å². The number of hydrogen-bond acceptors (Lipinski definition) is 3. The molecule has 0 aliphatic rings. The van der Waals surface area contributed by atoms with Gasteiger partial charge < -0.3 is 15.4 Å². The average molecular weight is 217 g/mol. The molecule has 0 bridgehead atoms. The van der Waals surface area contributed by atoms with E-state index in [-0.39, 0.29) is 11.8 Å². The van der Waals surface area contributed by atoms with Gasteiger partial charge in [0.1, 0.15) is 5.75 Å². The van der Waals surface area contributed by atoms with E-state index in [0.717, 1.165) is 17.8 Å². The van der Waals surface area contributed by atoms with Crippen LogP contribution in [0.4, 0.5) is 0 Å². The Bertz CT molecular complexity index is 459. The number of phenolic OH excluding ortho intramolecular Hbond substituents is 1. The molecule has 84 valence electrons. The second-order valence-electron chi connectivity index (χ2n) is 3.96. The first-order valence-corrected chi connectivity index (χ1v) is 5.22. The Hall–Kier alpha value is -1.81. The maximum Gasteiger partial charge on any atom is 0.115 e. The highest BCUT2D eigenvalue weighted by atomic mass is 16.3. The number of aromatic hydroxyl groups is 1. The number of imidazole rings is 1. The summed E-state index contributed by atoms with van der Waals surface area (Å²) in [6.07, 6.45) is 3.57. The van der Waals surface area contributed by atoms with Gasteiger partial charge in [-0.15, -0.1) is 0 Å². The van der Waals surface area contributed by atoms with Crippen molar-refractivity contribution in [2.24, 2.45) is 5.73 Å². The van der Waals surface area contributed by atoms with E-state index in [1.807, 2.05) is 23.6 Å². The monoisotopic (exact) mass is 217 g/mol. The molecule has 0 saturated heterocycles. The van der Waals surface area contributed by atoms with Crippen LogP contribution >= 0.6 is 0 Å².